The van der Waals surface area contributed by atoms with Gasteiger partial charge in [0.1, 0.15) is 54.6 Å². The molecule has 1 aliphatic rings. The number of rotatable bonds is 16. The molecule has 1 aromatic rings. The van der Waals surface area contributed by atoms with Crippen molar-refractivity contribution in [3.8, 4) is 0 Å². The van der Waals surface area contributed by atoms with Gasteiger partial charge in [-0.2, -0.15) is 0 Å². The molecule has 2 heterocycles. The van der Waals surface area contributed by atoms with E-state index in [0.717, 1.165) is 17.2 Å². The van der Waals surface area contributed by atoms with Crippen LogP contribution in [0.1, 0.15) is 38.3 Å². The molecular weight excluding hydrogens is 532 g/mol. The smallest absolute Gasteiger partial charge is 0.186 e. The fourth-order valence-electron chi connectivity index (χ4n) is 3.83. The van der Waals surface area contributed by atoms with Gasteiger partial charge in [0.25, 0.3) is 0 Å². The molecule has 229 valence electrons. The van der Waals surface area contributed by atoms with E-state index in [1.165, 1.54) is 0 Å². The Morgan fingerprint density at radius 3 is 2.55 bits per heavy atom. The van der Waals surface area contributed by atoms with E-state index in [-0.39, 0.29) is 12.4 Å². The molecule has 1 fully saturated rings. The van der Waals surface area contributed by atoms with Gasteiger partial charge in [-0.3, -0.25) is 9.82 Å². The van der Waals surface area contributed by atoms with E-state index in [9.17, 15) is 35.7 Å². The SMILES string of the molecule is Cc1cncc(CONCCCO[C@H]2OC(CO)[C@@H](O[C@@H](O)C(O)[C@H](O)/C(=C\C[O])OC(C)(C)C)[C@@H](O)C2O)c1. The van der Waals surface area contributed by atoms with E-state index < -0.39 is 68.0 Å². The Labute approximate surface area is 233 Å². The summed E-state index contributed by atoms with van der Waals surface area (Å²) in [4.78, 5) is 9.46. The van der Waals surface area contributed by atoms with Crippen molar-refractivity contribution >= 4 is 0 Å². The lowest BCUT2D eigenvalue weighted by molar-refractivity contribution is -0.332. The highest BCUT2D eigenvalue weighted by Crippen LogP contribution is 2.27. The van der Waals surface area contributed by atoms with Crippen LogP contribution in [0.5, 0.6) is 0 Å². The van der Waals surface area contributed by atoms with Gasteiger partial charge in [-0.15, -0.1) is 0 Å². The monoisotopic (exact) mass is 575 g/mol. The van der Waals surface area contributed by atoms with Gasteiger partial charge >= 0.3 is 0 Å². The Morgan fingerprint density at radius 2 is 1.93 bits per heavy atom. The van der Waals surface area contributed by atoms with Crippen LogP contribution in [0.3, 0.4) is 0 Å². The van der Waals surface area contributed by atoms with E-state index in [1.54, 1.807) is 33.2 Å². The number of aliphatic hydroxyl groups excluding tert-OH is 6. The van der Waals surface area contributed by atoms with Gasteiger partial charge in [0.05, 0.1) is 19.8 Å². The van der Waals surface area contributed by atoms with Crippen molar-refractivity contribution in [2.45, 2.75) is 95.5 Å². The number of hydrogen-bond acceptors (Lipinski definition) is 13. The lowest BCUT2D eigenvalue weighted by Gasteiger charge is -2.43. The zero-order valence-corrected chi connectivity index (χ0v) is 23.3. The fourth-order valence-corrected chi connectivity index (χ4v) is 3.83. The van der Waals surface area contributed by atoms with Crippen LogP contribution in [0.2, 0.25) is 0 Å². The molecule has 8 atom stereocenters. The number of hydroxylamine groups is 1. The van der Waals surface area contributed by atoms with E-state index >= 15 is 0 Å². The molecule has 7 N–H and O–H groups in total. The third kappa shape index (κ3) is 10.9. The minimum Gasteiger partial charge on any atom is -0.490 e. The van der Waals surface area contributed by atoms with E-state index in [2.05, 4.69) is 10.5 Å². The van der Waals surface area contributed by atoms with Crippen molar-refractivity contribution in [3.63, 3.8) is 0 Å². The second-order valence-electron chi connectivity index (χ2n) is 10.4. The Balaban J connectivity index is 1.83. The lowest BCUT2D eigenvalue weighted by atomic mass is 9.98. The minimum atomic E-state index is -2.11. The summed E-state index contributed by atoms with van der Waals surface area (Å²) in [5.74, 6) is -0.266. The number of aromatic nitrogens is 1. The fraction of sp³-hybridized carbons (Fsp3) is 0.731. The average Bonchev–Trinajstić information content (AvgIpc) is 2.90. The highest BCUT2D eigenvalue weighted by Gasteiger charge is 2.47. The van der Waals surface area contributed by atoms with Crippen LogP contribution in [-0.4, -0.2) is 117 Å². The van der Waals surface area contributed by atoms with Crippen LogP contribution in [0.25, 0.3) is 0 Å². The number of pyridine rings is 1. The van der Waals surface area contributed by atoms with Crippen LogP contribution >= 0.6 is 0 Å². The summed E-state index contributed by atoms with van der Waals surface area (Å²) in [6.45, 7) is 6.32. The summed E-state index contributed by atoms with van der Waals surface area (Å²) < 4.78 is 21.8. The molecular formula is C26H43N2O12. The standard InChI is InChI=1S/C26H43N2O12/c1-15-10-16(12-27-11-15)14-37-28-7-5-9-36-25-22(34)20(32)23(18(13-30)38-25)39-24(35)21(33)19(31)17(6-8-29)40-26(2,3)4/h6,10-12,18-25,28,30-35H,5,7-9,13-14H2,1-4H3/b17-6+/t18?,19-,20+,21?,22?,23-,24-,25+/m1/s1. The number of hydrogen-bond donors (Lipinski definition) is 7. The van der Waals surface area contributed by atoms with E-state index in [1.807, 2.05) is 13.0 Å². The van der Waals surface area contributed by atoms with Crippen molar-refractivity contribution in [1.82, 2.24) is 10.5 Å². The summed E-state index contributed by atoms with van der Waals surface area (Å²) >= 11 is 0. The lowest BCUT2D eigenvalue weighted by Crippen LogP contribution is -2.61. The second kappa shape index (κ2) is 16.6. The number of aliphatic hydroxyl groups is 6. The first kappa shape index (κ1) is 34.4. The van der Waals surface area contributed by atoms with E-state index in [4.69, 9.17) is 23.8 Å². The summed E-state index contributed by atoms with van der Waals surface area (Å²) in [6, 6.07) is 1.95. The molecule has 1 aliphatic heterocycles. The Kier molecular flexibility index (Phi) is 14.3. The molecule has 0 amide bonds. The largest absolute Gasteiger partial charge is 0.490 e. The van der Waals surface area contributed by atoms with Crippen LogP contribution in [-0.2, 0) is 35.5 Å². The molecule has 1 radical (unpaired) electrons. The molecule has 0 saturated carbocycles. The normalized spacial score (nSPS) is 26.4. The topological polar surface area (TPSA) is 212 Å². The molecule has 1 saturated heterocycles. The van der Waals surface area contributed by atoms with Gasteiger partial charge in [0.2, 0.25) is 0 Å². The number of nitrogens with one attached hydrogen (secondary N) is 1. The average molecular weight is 576 g/mol. The molecule has 0 aliphatic carbocycles. The van der Waals surface area contributed by atoms with Crippen LogP contribution in [0, 0.1) is 6.92 Å². The summed E-state index contributed by atoms with van der Waals surface area (Å²) in [6.07, 6.45) is -8.44. The molecule has 1 aromatic heterocycles. The first-order valence-electron chi connectivity index (χ1n) is 13.0. The quantitative estimate of drug-likeness (QED) is 0.0535. The molecule has 2 rings (SSSR count). The van der Waals surface area contributed by atoms with Crippen molar-refractivity contribution in [2.24, 2.45) is 0 Å². The Bertz CT molecular complexity index is 897. The molecule has 0 spiro atoms. The maximum atomic E-state index is 11.1. The number of nitrogens with zero attached hydrogens (tertiary/aromatic N) is 1. The van der Waals surface area contributed by atoms with Crippen molar-refractivity contribution in [2.75, 3.05) is 26.4 Å². The molecule has 14 heteroatoms. The summed E-state index contributed by atoms with van der Waals surface area (Å²) in [7, 11) is 0. The first-order valence-corrected chi connectivity index (χ1v) is 13.0. The zero-order chi connectivity index (χ0) is 29.9. The van der Waals surface area contributed by atoms with Gasteiger partial charge < -0.3 is 49.6 Å². The van der Waals surface area contributed by atoms with Crippen LogP contribution < -0.4 is 5.48 Å². The Hall–Kier alpha value is -1.79. The minimum absolute atomic E-state index is 0.108. The van der Waals surface area contributed by atoms with Gasteiger partial charge in [-0.1, -0.05) is 6.07 Å². The molecule has 0 aromatic carbocycles. The predicted octanol–water partition coefficient (Wildman–Crippen LogP) is -1.19. The molecule has 14 nitrogen and oxygen atoms in total. The highest BCUT2D eigenvalue weighted by molar-refractivity contribution is 5.15. The van der Waals surface area contributed by atoms with E-state index in [0.29, 0.717) is 19.6 Å². The van der Waals surface area contributed by atoms with Crippen LogP contribution in [0.4, 0.5) is 0 Å². The maximum Gasteiger partial charge on any atom is 0.186 e. The van der Waals surface area contributed by atoms with Gasteiger partial charge in [0, 0.05) is 18.9 Å². The van der Waals surface area contributed by atoms with Crippen molar-refractivity contribution in [1.29, 1.82) is 0 Å². The summed E-state index contributed by atoms with van der Waals surface area (Å²) in [5.41, 5.74) is 3.90. The first-order chi connectivity index (χ1) is 18.9. The summed E-state index contributed by atoms with van der Waals surface area (Å²) in [5, 5.41) is 73.2. The molecule has 0 bridgehead atoms. The second-order valence-corrected chi connectivity index (χ2v) is 10.4. The van der Waals surface area contributed by atoms with Gasteiger partial charge in [-0.05, 0) is 51.3 Å². The third-order valence-corrected chi connectivity index (χ3v) is 5.71. The van der Waals surface area contributed by atoms with Gasteiger partial charge in [0.15, 0.2) is 12.6 Å². The van der Waals surface area contributed by atoms with Crippen LogP contribution in [0.15, 0.2) is 30.3 Å². The number of ether oxygens (including phenoxy) is 4. The zero-order valence-electron chi connectivity index (χ0n) is 23.3. The molecule has 40 heavy (non-hydrogen) atoms. The maximum absolute atomic E-state index is 11.1. The third-order valence-electron chi connectivity index (χ3n) is 5.71. The highest BCUT2D eigenvalue weighted by atomic mass is 16.7. The molecule has 3 unspecified atom stereocenters. The van der Waals surface area contributed by atoms with Crippen molar-refractivity contribution < 1.29 is 59.5 Å². The predicted molar refractivity (Wildman–Crippen MR) is 137 cm³/mol. The van der Waals surface area contributed by atoms with Crippen molar-refractivity contribution in [3.05, 3.63) is 41.4 Å². The Morgan fingerprint density at radius 1 is 1.20 bits per heavy atom. The van der Waals surface area contributed by atoms with Gasteiger partial charge in [-0.25, -0.2) is 10.6 Å². The number of aryl methyl sites for hydroxylation is 1.